The van der Waals surface area contributed by atoms with Gasteiger partial charge in [0.25, 0.3) is 0 Å². The van der Waals surface area contributed by atoms with Gasteiger partial charge in [0.05, 0.1) is 11.8 Å². The first-order valence-electron chi connectivity index (χ1n) is 8.15. The van der Waals surface area contributed by atoms with E-state index in [2.05, 4.69) is 0 Å². The Kier molecular flexibility index (Phi) is 4.27. The number of ether oxygens (including phenoxy) is 2. The fourth-order valence-electron chi connectivity index (χ4n) is 3.18. The van der Waals surface area contributed by atoms with E-state index in [1.165, 1.54) is 0 Å². The van der Waals surface area contributed by atoms with Crippen LogP contribution in [-0.2, 0) is 19.1 Å². The maximum absolute atomic E-state index is 12.3. The summed E-state index contributed by atoms with van der Waals surface area (Å²) in [6.07, 6.45) is 10.0. The number of carbonyl (C=O) groups excluding carboxylic acids is 2. The second kappa shape index (κ2) is 6.15. The summed E-state index contributed by atoms with van der Waals surface area (Å²) >= 11 is 0. The van der Waals surface area contributed by atoms with Crippen molar-refractivity contribution in [1.82, 2.24) is 0 Å². The molecule has 0 aromatic rings. The van der Waals surface area contributed by atoms with Crippen molar-refractivity contribution in [2.75, 3.05) is 0 Å². The monoisotopic (exact) mass is 280 g/mol. The number of hydrogen-bond acceptors (Lipinski definition) is 4. The van der Waals surface area contributed by atoms with Crippen LogP contribution >= 0.6 is 0 Å². The molecule has 3 aliphatic rings. The molecule has 2 unspecified atom stereocenters. The summed E-state index contributed by atoms with van der Waals surface area (Å²) in [6, 6.07) is 0. The minimum Gasteiger partial charge on any atom is -0.462 e. The van der Waals surface area contributed by atoms with Crippen LogP contribution in [0.5, 0.6) is 0 Å². The van der Waals surface area contributed by atoms with Crippen LogP contribution in [0.1, 0.15) is 64.2 Å². The molecular weight excluding hydrogens is 256 g/mol. The lowest BCUT2D eigenvalue weighted by Gasteiger charge is -2.34. The van der Waals surface area contributed by atoms with E-state index < -0.39 is 0 Å². The lowest BCUT2D eigenvalue weighted by Crippen LogP contribution is -2.39. The molecule has 4 nitrogen and oxygen atoms in total. The van der Waals surface area contributed by atoms with Gasteiger partial charge in [-0.15, -0.1) is 0 Å². The van der Waals surface area contributed by atoms with Gasteiger partial charge in [-0.25, -0.2) is 0 Å². The van der Waals surface area contributed by atoms with Crippen LogP contribution < -0.4 is 0 Å². The molecule has 0 aliphatic heterocycles. The second-order valence-corrected chi connectivity index (χ2v) is 6.48. The summed E-state index contributed by atoms with van der Waals surface area (Å²) in [4.78, 5) is 24.5. The summed E-state index contributed by atoms with van der Waals surface area (Å²) in [7, 11) is 0. The predicted molar refractivity (Wildman–Crippen MR) is 72.9 cm³/mol. The van der Waals surface area contributed by atoms with Gasteiger partial charge in [0.1, 0.15) is 12.2 Å². The van der Waals surface area contributed by atoms with Crippen molar-refractivity contribution in [3.05, 3.63) is 0 Å². The fraction of sp³-hybridized carbons (Fsp3) is 0.875. The van der Waals surface area contributed by atoms with Gasteiger partial charge in [-0.3, -0.25) is 9.59 Å². The first kappa shape index (κ1) is 13.9. The van der Waals surface area contributed by atoms with Gasteiger partial charge in [-0.05, 0) is 51.4 Å². The third kappa shape index (κ3) is 2.99. The van der Waals surface area contributed by atoms with Gasteiger partial charge < -0.3 is 9.47 Å². The Hall–Kier alpha value is -1.06. The Labute approximate surface area is 120 Å². The molecule has 3 saturated carbocycles. The van der Waals surface area contributed by atoms with Crippen molar-refractivity contribution in [2.24, 2.45) is 11.8 Å². The minimum absolute atomic E-state index is 0.104. The van der Waals surface area contributed by atoms with Crippen LogP contribution in [0.3, 0.4) is 0 Å². The molecule has 0 aromatic heterocycles. The molecule has 2 atom stereocenters. The van der Waals surface area contributed by atoms with E-state index in [0.29, 0.717) is 0 Å². The molecule has 0 saturated heterocycles. The van der Waals surface area contributed by atoms with E-state index in [0.717, 1.165) is 64.2 Å². The van der Waals surface area contributed by atoms with Crippen LogP contribution in [0.15, 0.2) is 0 Å². The van der Waals surface area contributed by atoms with Crippen LogP contribution in [0, 0.1) is 11.8 Å². The highest BCUT2D eigenvalue weighted by molar-refractivity contribution is 5.82. The van der Waals surface area contributed by atoms with E-state index in [1.807, 2.05) is 0 Å². The van der Waals surface area contributed by atoms with E-state index in [-0.39, 0.29) is 36.0 Å². The summed E-state index contributed by atoms with van der Waals surface area (Å²) in [5, 5.41) is 0. The zero-order valence-electron chi connectivity index (χ0n) is 12.0. The zero-order valence-corrected chi connectivity index (χ0v) is 12.0. The van der Waals surface area contributed by atoms with Crippen molar-refractivity contribution < 1.29 is 19.1 Å². The Morgan fingerprint density at radius 1 is 0.600 bits per heavy atom. The van der Waals surface area contributed by atoms with Crippen molar-refractivity contribution in [2.45, 2.75) is 76.4 Å². The molecule has 0 heterocycles. The Bertz CT molecular complexity index is 335. The van der Waals surface area contributed by atoms with E-state index in [9.17, 15) is 9.59 Å². The summed E-state index contributed by atoms with van der Waals surface area (Å²) in [6.45, 7) is 0. The normalized spacial score (nSPS) is 31.0. The number of rotatable bonds is 4. The molecule has 0 N–H and O–H groups in total. The van der Waals surface area contributed by atoms with E-state index in [1.54, 1.807) is 0 Å². The Balaban J connectivity index is 1.56. The molecule has 3 fully saturated rings. The maximum Gasteiger partial charge on any atom is 0.310 e. The summed E-state index contributed by atoms with van der Waals surface area (Å²) in [5.74, 6) is -0.858. The minimum atomic E-state index is -0.267. The molecule has 0 amide bonds. The van der Waals surface area contributed by atoms with Crippen molar-refractivity contribution in [1.29, 1.82) is 0 Å². The molecule has 4 heteroatoms. The molecule has 0 spiro atoms. The predicted octanol–water partition coefficient (Wildman–Crippen LogP) is 2.98. The summed E-state index contributed by atoms with van der Waals surface area (Å²) in [5.41, 5.74) is 0. The molecule has 0 radical (unpaired) electrons. The fourth-order valence-corrected chi connectivity index (χ4v) is 3.18. The van der Waals surface area contributed by atoms with Crippen LogP contribution in [0.4, 0.5) is 0 Å². The van der Waals surface area contributed by atoms with Crippen LogP contribution in [-0.4, -0.2) is 24.1 Å². The van der Waals surface area contributed by atoms with Gasteiger partial charge in [-0.2, -0.15) is 0 Å². The number of hydrogen-bond donors (Lipinski definition) is 0. The molecule has 0 bridgehead atoms. The molecule has 3 rings (SSSR count). The van der Waals surface area contributed by atoms with Crippen molar-refractivity contribution in [3.8, 4) is 0 Å². The zero-order chi connectivity index (χ0) is 13.9. The second-order valence-electron chi connectivity index (χ2n) is 6.48. The lowest BCUT2D eigenvalue weighted by atomic mass is 9.79. The summed E-state index contributed by atoms with van der Waals surface area (Å²) < 4.78 is 11.0. The van der Waals surface area contributed by atoms with Crippen molar-refractivity contribution in [3.63, 3.8) is 0 Å². The largest absolute Gasteiger partial charge is 0.462 e. The third-order valence-corrected chi connectivity index (χ3v) is 5.04. The quantitative estimate of drug-likeness (QED) is 0.743. The molecular formula is C16H24O4. The third-order valence-electron chi connectivity index (χ3n) is 5.04. The maximum atomic E-state index is 12.3. The van der Waals surface area contributed by atoms with E-state index in [4.69, 9.17) is 9.47 Å². The number of carbonyl (C=O) groups is 2. The van der Waals surface area contributed by atoms with Gasteiger partial charge in [0.2, 0.25) is 0 Å². The smallest absolute Gasteiger partial charge is 0.310 e. The Morgan fingerprint density at radius 3 is 1.30 bits per heavy atom. The topological polar surface area (TPSA) is 52.6 Å². The molecule has 3 aliphatic carbocycles. The first-order chi connectivity index (χ1) is 9.74. The Morgan fingerprint density at radius 2 is 1.00 bits per heavy atom. The SMILES string of the molecule is O=C(OC1CCC1)C1CCCCC1C(=O)OC1CCC1. The molecule has 20 heavy (non-hydrogen) atoms. The highest BCUT2D eigenvalue weighted by Gasteiger charge is 2.40. The molecule has 112 valence electrons. The standard InChI is InChI=1S/C16H24O4/c17-15(19-11-5-3-6-11)13-9-1-2-10-14(13)16(18)20-12-7-4-8-12/h11-14H,1-10H2. The number of esters is 2. The van der Waals surface area contributed by atoms with Gasteiger partial charge in [0, 0.05) is 0 Å². The van der Waals surface area contributed by atoms with Gasteiger partial charge >= 0.3 is 11.9 Å². The first-order valence-corrected chi connectivity index (χ1v) is 8.15. The lowest BCUT2D eigenvalue weighted by molar-refractivity contribution is -0.172. The average Bonchev–Trinajstić information content (AvgIpc) is 2.37. The van der Waals surface area contributed by atoms with Crippen LogP contribution in [0.2, 0.25) is 0 Å². The highest BCUT2D eigenvalue weighted by atomic mass is 16.6. The van der Waals surface area contributed by atoms with Crippen LogP contribution in [0.25, 0.3) is 0 Å². The van der Waals surface area contributed by atoms with Crippen molar-refractivity contribution >= 4 is 11.9 Å². The van der Waals surface area contributed by atoms with Gasteiger partial charge in [-0.1, -0.05) is 12.8 Å². The average molecular weight is 280 g/mol. The van der Waals surface area contributed by atoms with E-state index >= 15 is 0 Å². The highest BCUT2D eigenvalue weighted by Crippen LogP contribution is 2.35. The van der Waals surface area contributed by atoms with Gasteiger partial charge in [0.15, 0.2) is 0 Å². The molecule has 0 aromatic carbocycles.